The quantitative estimate of drug-likeness (QED) is 0.565. The highest BCUT2D eigenvalue weighted by molar-refractivity contribution is 5.69. The predicted octanol–water partition coefficient (Wildman–Crippen LogP) is 2.45. The van der Waals surface area contributed by atoms with E-state index in [1.165, 1.54) is 12.5 Å². The Morgan fingerprint density at radius 1 is 1.31 bits per heavy atom. The van der Waals surface area contributed by atoms with Crippen molar-refractivity contribution in [3.8, 4) is 5.75 Å². The number of carbonyl (C=O) groups excluding carboxylic acids is 1. The van der Waals surface area contributed by atoms with Gasteiger partial charge in [-0.05, 0) is 30.8 Å². The Kier molecular flexibility index (Phi) is 4.99. The standard InChI is InChI=1S/C13H19NO2/c1-4-14(5-2)10-12-7-6-8-13(9-12)16-11(3)15/h6-9H,4-5,10H2,1-3H3. The van der Waals surface area contributed by atoms with Crippen LogP contribution in [0.3, 0.4) is 0 Å². The number of ether oxygens (including phenoxy) is 1. The van der Waals surface area contributed by atoms with Crippen molar-refractivity contribution in [1.29, 1.82) is 0 Å². The molecule has 0 bridgehead atoms. The van der Waals surface area contributed by atoms with Gasteiger partial charge in [0.2, 0.25) is 0 Å². The fourth-order valence-electron chi connectivity index (χ4n) is 1.58. The minimum Gasteiger partial charge on any atom is -0.427 e. The molecule has 0 heterocycles. The molecule has 1 aromatic rings. The molecule has 0 saturated carbocycles. The van der Waals surface area contributed by atoms with Gasteiger partial charge in [0.1, 0.15) is 5.75 Å². The molecule has 3 heteroatoms. The molecule has 3 nitrogen and oxygen atoms in total. The van der Waals surface area contributed by atoms with E-state index in [0.717, 1.165) is 19.6 Å². The third-order valence-electron chi connectivity index (χ3n) is 2.46. The number of hydrogen-bond donors (Lipinski definition) is 0. The van der Waals surface area contributed by atoms with Crippen molar-refractivity contribution in [3.63, 3.8) is 0 Å². The molecule has 0 aliphatic rings. The molecule has 0 amide bonds. The smallest absolute Gasteiger partial charge is 0.308 e. The van der Waals surface area contributed by atoms with E-state index in [-0.39, 0.29) is 5.97 Å². The second-order valence-corrected chi connectivity index (χ2v) is 3.70. The van der Waals surface area contributed by atoms with Crippen LogP contribution in [-0.4, -0.2) is 24.0 Å². The molecule has 1 rings (SSSR count). The second kappa shape index (κ2) is 6.28. The van der Waals surface area contributed by atoms with Gasteiger partial charge in [0.05, 0.1) is 0 Å². The first kappa shape index (κ1) is 12.7. The van der Waals surface area contributed by atoms with Crippen LogP contribution in [0.1, 0.15) is 26.3 Å². The van der Waals surface area contributed by atoms with Crippen LogP contribution >= 0.6 is 0 Å². The number of hydrogen-bond acceptors (Lipinski definition) is 3. The topological polar surface area (TPSA) is 29.5 Å². The lowest BCUT2D eigenvalue weighted by Gasteiger charge is -2.18. The lowest BCUT2D eigenvalue weighted by Crippen LogP contribution is -2.22. The number of benzene rings is 1. The van der Waals surface area contributed by atoms with E-state index in [1.54, 1.807) is 6.07 Å². The van der Waals surface area contributed by atoms with Crippen molar-refractivity contribution < 1.29 is 9.53 Å². The van der Waals surface area contributed by atoms with E-state index in [0.29, 0.717) is 5.75 Å². The van der Waals surface area contributed by atoms with Crippen LogP contribution in [-0.2, 0) is 11.3 Å². The van der Waals surface area contributed by atoms with E-state index in [1.807, 2.05) is 18.2 Å². The molecule has 0 unspecified atom stereocenters. The molecule has 0 aliphatic heterocycles. The van der Waals surface area contributed by atoms with Gasteiger partial charge in [-0.1, -0.05) is 26.0 Å². The van der Waals surface area contributed by atoms with Crippen molar-refractivity contribution in [2.45, 2.75) is 27.3 Å². The number of esters is 1. The van der Waals surface area contributed by atoms with Gasteiger partial charge in [0, 0.05) is 13.5 Å². The molecule has 1 aromatic carbocycles. The highest BCUT2D eigenvalue weighted by Gasteiger charge is 2.03. The van der Waals surface area contributed by atoms with Crippen LogP contribution < -0.4 is 4.74 Å². The van der Waals surface area contributed by atoms with Gasteiger partial charge >= 0.3 is 5.97 Å². The molecule has 0 radical (unpaired) electrons. The van der Waals surface area contributed by atoms with Crippen molar-refractivity contribution in [1.82, 2.24) is 4.90 Å². The van der Waals surface area contributed by atoms with Gasteiger partial charge in [-0.3, -0.25) is 9.69 Å². The number of nitrogens with zero attached hydrogens (tertiary/aromatic N) is 1. The molecule has 0 N–H and O–H groups in total. The molecular formula is C13H19NO2. The molecule has 0 aliphatic carbocycles. The normalized spacial score (nSPS) is 10.5. The summed E-state index contributed by atoms with van der Waals surface area (Å²) in [7, 11) is 0. The van der Waals surface area contributed by atoms with Crippen molar-refractivity contribution in [2.24, 2.45) is 0 Å². The first-order valence-corrected chi connectivity index (χ1v) is 5.65. The molecule has 0 fully saturated rings. The summed E-state index contributed by atoms with van der Waals surface area (Å²) in [6, 6.07) is 7.68. The Bertz CT molecular complexity index is 346. The molecule has 88 valence electrons. The van der Waals surface area contributed by atoms with Gasteiger partial charge < -0.3 is 4.74 Å². The van der Waals surface area contributed by atoms with Gasteiger partial charge in [0.15, 0.2) is 0 Å². The third-order valence-corrected chi connectivity index (χ3v) is 2.46. The Hall–Kier alpha value is -1.35. The zero-order chi connectivity index (χ0) is 12.0. The summed E-state index contributed by atoms with van der Waals surface area (Å²) < 4.78 is 5.05. The minimum atomic E-state index is -0.278. The summed E-state index contributed by atoms with van der Waals surface area (Å²) in [5.41, 5.74) is 1.17. The monoisotopic (exact) mass is 221 g/mol. The maximum atomic E-state index is 10.8. The van der Waals surface area contributed by atoms with Gasteiger partial charge in [-0.15, -0.1) is 0 Å². The molecular weight excluding hydrogens is 202 g/mol. The van der Waals surface area contributed by atoms with Crippen molar-refractivity contribution in [2.75, 3.05) is 13.1 Å². The lowest BCUT2D eigenvalue weighted by molar-refractivity contribution is -0.131. The second-order valence-electron chi connectivity index (χ2n) is 3.70. The first-order valence-electron chi connectivity index (χ1n) is 5.65. The average Bonchev–Trinajstić information content (AvgIpc) is 2.25. The van der Waals surface area contributed by atoms with Gasteiger partial charge in [0.25, 0.3) is 0 Å². The number of rotatable bonds is 5. The zero-order valence-corrected chi connectivity index (χ0v) is 10.2. The summed E-state index contributed by atoms with van der Waals surface area (Å²) in [6.45, 7) is 8.63. The van der Waals surface area contributed by atoms with E-state index in [9.17, 15) is 4.79 Å². The summed E-state index contributed by atoms with van der Waals surface area (Å²) in [5.74, 6) is 0.345. The highest BCUT2D eigenvalue weighted by atomic mass is 16.5. The summed E-state index contributed by atoms with van der Waals surface area (Å²) in [6.07, 6.45) is 0. The van der Waals surface area contributed by atoms with Crippen LogP contribution in [0.2, 0.25) is 0 Å². The van der Waals surface area contributed by atoms with Gasteiger partial charge in [-0.2, -0.15) is 0 Å². The third kappa shape index (κ3) is 4.03. The highest BCUT2D eigenvalue weighted by Crippen LogP contribution is 2.15. The maximum Gasteiger partial charge on any atom is 0.308 e. The fraction of sp³-hybridized carbons (Fsp3) is 0.462. The van der Waals surface area contributed by atoms with Gasteiger partial charge in [-0.25, -0.2) is 0 Å². The van der Waals surface area contributed by atoms with E-state index in [4.69, 9.17) is 4.74 Å². The molecule has 0 aromatic heterocycles. The molecule has 16 heavy (non-hydrogen) atoms. The Labute approximate surface area is 97.0 Å². The Balaban J connectivity index is 2.70. The Morgan fingerprint density at radius 3 is 2.56 bits per heavy atom. The Morgan fingerprint density at radius 2 is 2.00 bits per heavy atom. The number of carbonyl (C=O) groups is 1. The predicted molar refractivity (Wildman–Crippen MR) is 64.4 cm³/mol. The summed E-state index contributed by atoms with van der Waals surface area (Å²) >= 11 is 0. The van der Waals surface area contributed by atoms with Crippen LogP contribution in [0, 0.1) is 0 Å². The average molecular weight is 221 g/mol. The first-order chi connectivity index (χ1) is 7.65. The van der Waals surface area contributed by atoms with Crippen LogP contribution in [0.4, 0.5) is 0 Å². The van der Waals surface area contributed by atoms with Crippen LogP contribution in [0.5, 0.6) is 5.75 Å². The molecule has 0 spiro atoms. The molecule has 0 saturated heterocycles. The van der Waals surface area contributed by atoms with Crippen LogP contribution in [0.15, 0.2) is 24.3 Å². The largest absolute Gasteiger partial charge is 0.427 e. The summed E-state index contributed by atoms with van der Waals surface area (Å²) in [4.78, 5) is 13.1. The SMILES string of the molecule is CCN(CC)Cc1cccc(OC(C)=O)c1. The van der Waals surface area contributed by atoms with Crippen molar-refractivity contribution in [3.05, 3.63) is 29.8 Å². The zero-order valence-electron chi connectivity index (χ0n) is 10.2. The van der Waals surface area contributed by atoms with E-state index < -0.39 is 0 Å². The van der Waals surface area contributed by atoms with Crippen molar-refractivity contribution >= 4 is 5.97 Å². The van der Waals surface area contributed by atoms with E-state index in [2.05, 4.69) is 18.7 Å². The van der Waals surface area contributed by atoms with Crippen LogP contribution in [0.25, 0.3) is 0 Å². The summed E-state index contributed by atoms with van der Waals surface area (Å²) in [5, 5.41) is 0. The van der Waals surface area contributed by atoms with E-state index >= 15 is 0 Å². The molecule has 0 atom stereocenters. The minimum absolute atomic E-state index is 0.278. The lowest BCUT2D eigenvalue weighted by atomic mass is 10.2. The fourth-order valence-corrected chi connectivity index (χ4v) is 1.58. The maximum absolute atomic E-state index is 10.8.